The van der Waals surface area contributed by atoms with Crippen molar-refractivity contribution in [1.82, 2.24) is 0 Å². The lowest BCUT2D eigenvalue weighted by Crippen LogP contribution is -2.02. The third kappa shape index (κ3) is 3.12. The highest BCUT2D eigenvalue weighted by molar-refractivity contribution is 5.43. The highest BCUT2D eigenvalue weighted by Crippen LogP contribution is 2.31. The standard InChI is InChI=1S/C12H18O4/c1-3-16-12-8-9(10(14)6-7-13)4-5-11(12)15-2/h4-5,8,10,13-14H,3,6-7H2,1-2H3. The average molecular weight is 226 g/mol. The van der Waals surface area contributed by atoms with E-state index in [2.05, 4.69) is 0 Å². The van der Waals surface area contributed by atoms with Crippen molar-refractivity contribution in [2.75, 3.05) is 20.3 Å². The van der Waals surface area contributed by atoms with Crippen molar-refractivity contribution >= 4 is 0 Å². The van der Waals surface area contributed by atoms with Crippen molar-refractivity contribution in [3.05, 3.63) is 23.8 Å². The fraction of sp³-hybridized carbons (Fsp3) is 0.500. The zero-order valence-electron chi connectivity index (χ0n) is 9.64. The molecule has 4 heteroatoms. The van der Waals surface area contributed by atoms with E-state index in [1.807, 2.05) is 6.92 Å². The second kappa shape index (κ2) is 6.35. The van der Waals surface area contributed by atoms with Crippen LogP contribution in [0.4, 0.5) is 0 Å². The van der Waals surface area contributed by atoms with Gasteiger partial charge >= 0.3 is 0 Å². The lowest BCUT2D eigenvalue weighted by atomic mass is 10.1. The zero-order valence-corrected chi connectivity index (χ0v) is 9.64. The molecule has 1 aromatic carbocycles. The highest BCUT2D eigenvalue weighted by atomic mass is 16.5. The Labute approximate surface area is 95.4 Å². The maximum Gasteiger partial charge on any atom is 0.161 e. The Morgan fingerprint density at radius 2 is 2.06 bits per heavy atom. The predicted molar refractivity (Wildman–Crippen MR) is 60.8 cm³/mol. The van der Waals surface area contributed by atoms with Gasteiger partial charge < -0.3 is 19.7 Å². The van der Waals surface area contributed by atoms with Gasteiger partial charge in [-0.05, 0) is 24.6 Å². The van der Waals surface area contributed by atoms with Gasteiger partial charge in [-0.1, -0.05) is 6.07 Å². The maximum atomic E-state index is 9.72. The molecule has 0 spiro atoms. The van der Waals surface area contributed by atoms with Gasteiger partial charge in [0.1, 0.15) is 0 Å². The van der Waals surface area contributed by atoms with E-state index in [9.17, 15) is 5.11 Å². The van der Waals surface area contributed by atoms with Crippen LogP contribution in [-0.2, 0) is 0 Å². The molecule has 2 N–H and O–H groups in total. The molecule has 0 aliphatic carbocycles. The summed E-state index contributed by atoms with van der Waals surface area (Å²) in [7, 11) is 1.57. The second-order valence-corrected chi connectivity index (χ2v) is 3.37. The molecule has 0 amide bonds. The summed E-state index contributed by atoms with van der Waals surface area (Å²) in [6, 6.07) is 5.26. The molecule has 0 aromatic heterocycles. The van der Waals surface area contributed by atoms with Gasteiger partial charge in [-0.3, -0.25) is 0 Å². The summed E-state index contributed by atoms with van der Waals surface area (Å²) in [6.07, 6.45) is -0.354. The van der Waals surface area contributed by atoms with Crippen LogP contribution in [0.25, 0.3) is 0 Å². The minimum atomic E-state index is -0.671. The predicted octanol–water partition coefficient (Wildman–Crippen LogP) is 1.51. The van der Waals surface area contributed by atoms with Gasteiger partial charge in [0, 0.05) is 13.0 Å². The molecule has 1 rings (SSSR count). The fourth-order valence-corrected chi connectivity index (χ4v) is 1.46. The summed E-state index contributed by atoms with van der Waals surface area (Å²) in [5, 5.41) is 18.5. The van der Waals surface area contributed by atoms with Crippen LogP contribution in [0.3, 0.4) is 0 Å². The average Bonchev–Trinajstić information content (AvgIpc) is 2.29. The van der Waals surface area contributed by atoms with Crippen molar-refractivity contribution in [2.24, 2.45) is 0 Å². The first-order valence-corrected chi connectivity index (χ1v) is 5.32. The normalized spacial score (nSPS) is 12.2. The molecule has 0 bridgehead atoms. The summed E-state index contributed by atoms with van der Waals surface area (Å²) >= 11 is 0. The van der Waals surface area contributed by atoms with Gasteiger partial charge in [0.05, 0.1) is 19.8 Å². The highest BCUT2D eigenvalue weighted by Gasteiger charge is 2.11. The lowest BCUT2D eigenvalue weighted by molar-refractivity contribution is 0.134. The van der Waals surface area contributed by atoms with E-state index in [4.69, 9.17) is 14.6 Å². The lowest BCUT2D eigenvalue weighted by Gasteiger charge is -2.14. The number of ether oxygens (including phenoxy) is 2. The number of aliphatic hydroxyl groups is 2. The molecule has 90 valence electrons. The van der Waals surface area contributed by atoms with Gasteiger partial charge in [-0.25, -0.2) is 0 Å². The van der Waals surface area contributed by atoms with Crippen molar-refractivity contribution in [1.29, 1.82) is 0 Å². The first-order valence-electron chi connectivity index (χ1n) is 5.32. The molecule has 0 aliphatic heterocycles. The zero-order chi connectivity index (χ0) is 12.0. The minimum Gasteiger partial charge on any atom is -0.493 e. The molecule has 0 fully saturated rings. The van der Waals surface area contributed by atoms with Gasteiger partial charge in [-0.2, -0.15) is 0 Å². The minimum absolute atomic E-state index is 0.0445. The number of hydrogen-bond donors (Lipinski definition) is 2. The Bertz CT molecular complexity index is 325. The summed E-state index contributed by atoms with van der Waals surface area (Å²) in [5.41, 5.74) is 0.721. The molecular weight excluding hydrogens is 208 g/mol. The van der Waals surface area contributed by atoms with E-state index in [0.29, 0.717) is 24.5 Å². The topological polar surface area (TPSA) is 58.9 Å². The Hall–Kier alpha value is -1.26. The molecule has 0 radical (unpaired) electrons. The smallest absolute Gasteiger partial charge is 0.161 e. The number of benzene rings is 1. The summed E-state index contributed by atoms with van der Waals surface area (Å²) in [4.78, 5) is 0. The van der Waals surface area contributed by atoms with E-state index in [1.165, 1.54) is 0 Å². The van der Waals surface area contributed by atoms with Crippen molar-refractivity contribution in [3.8, 4) is 11.5 Å². The van der Waals surface area contributed by atoms with Gasteiger partial charge in [0.2, 0.25) is 0 Å². The molecule has 1 atom stereocenters. The van der Waals surface area contributed by atoms with E-state index >= 15 is 0 Å². The number of hydrogen-bond acceptors (Lipinski definition) is 4. The number of methoxy groups -OCH3 is 1. The Morgan fingerprint density at radius 3 is 2.62 bits per heavy atom. The third-order valence-electron chi connectivity index (χ3n) is 2.27. The Kier molecular flexibility index (Phi) is 5.08. The van der Waals surface area contributed by atoms with Crippen molar-refractivity contribution in [3.63, 3.8) is 0 Å². The number of rotatable bonds is 6. The van der Waals surface area contributed by atoms with Gasteiger partial charge in [0.25, 0.3) is 0 Å². The summed E-state index contributed by atoms with van der Waals surface area (Å²) in [5.74, 6) is 1.25. The Balaban J connectivity index is 2.91. The van der Waals surface area contributed by atoms with E-state index in [0.717, 1.165) is 5.56 Å². The van der Waals surface area contributed by atoms with E-state index in [-0.39, 0.29) is 6.61 Å². The third-order valence-corrected chi connectivity index (χ3v) is 2.27. The van der Waals surface area contributed by atoms with Crippen LogP contribution in [0.2, 0.25) is 0 Å². The largest absolute Gasteiger partial charge is 0.493 e. The Morgan fingerprint density at radius 1 is 1.31 bits per heavy atom. The van der Waals surface area contributed by atoms with Crippen LogP contribution < -0.4 is 9.47 Å². The van der Waals surface area contributed by atoms with E-state index in [1.54, 1.807) is 25.3 Å². The SMILES string of the molecule is CCOc1cc(C(O)CCO)ccc1OC. The van der Waals surface area contributed by atoms with Crippen LogP contribution in [0.15, 0.2) is 18.2 Å². The summed E-state index contributed by atoms with van der Waals surface area (Å²) < 4.78 is 10.5. The van der Waals surface area contributed by atoms with Gasteiger partial charge in [-0.15, -0.1) is 0 Å². The second-order valence-electron chi connectivity index (χ2n) is 3.37. The first kappa shape index (κ1) is 12.8. The van der Waals surface area contributed by atoms with Gasteiger partial charge in [0.15, 0.2) is 11.5 Å². The molecule has 0 saturated carbocycles. The quantitative estimate of drug-likeness (QED) is 0.772. The monoisotopic (exact) mass is 226 g/mol. The number of aliphatic hydroxyl groups excluding tert-OH is 2. The molecule has 1 unspecified atom stereocenters. The van der Waals surface area contributed by atoms with Crippen LogP contribution in [0.5, 0.6) is 11.5 Å². The first-order chi connectivity index (χ1) is 7.72. The molecule has 4 nitrogen and oxygen atoms in total. The molecule has 0 heterocycles. The van der Waals surface area contributed by atoms with Crippen molar-refractivity contribution < 1.29 is 19.7 Å². The van der Waals surface area contributed by atoms with E-state index < -0.39 is 6.10 Å². The summed E-state index contributed by atoms with van der Waals surface area (Å²) in [6.45, 7) is 2.38. The van der Waals surface area contributed by atoms with Crippen LogP contribution in [-0.4, -0.2) is 30.5 Å². The van der Waals surface area contributed by atoms with Crippen molar-refractivity contribution in [2.45, 2.75) is 19.4 Å². The fourth-order valence-electron chi connectivity index (χ4n) is 1.46. The molecule has 16 heavy (non-hydrogen) atoms. The maximum absolute atomic E-state index is 9.72. The molecule has 1 aromatic rings. The van der Waals surface area contributed by atoms with Crippen LogP contribution in [0.1, 0.15) is 25.0 Å². The molecule has 0 aliphatic rings. The molecular formula is C12H18O4. The van der Waals surface area contributed by atoms with Crippen LogP contribution in [0, 0.1) is 0 Å². The van der Waals surface area contributed by atoms with Crippen LogP contribution >= 0.6 is 0 Å². The molecule has 0 saturated heterocycles.